The molecular weight excluding hydrogens is 400 g/mol. The fraction of sp³-hybridized carbons (Fsp3) is 0.364. The van der Waals surface area contributed by atoms with Crippen molar-refractivity contribution in [3.8, 4) is 0 Å². The van der Waals surface area contributed by atoms with E-state index in [1.807, 2.05) is 19.0 Å². The van der Waals surface area contributed by atoms with Crippen LogP contribution in [0.25, 0.3) is 5.76 Å². The molecular formula is C22H26N4O5. The van der Waals surface area contributed by atoms with Gasteiger partial charge in [-0.05, 0) is 51.2 Å². The highest BCUT2D eigenvalue weighted by molar-refractivity contribution is 6.46. The molecule has 1 fully saturated rings. The molecule has 9 heteroatoms. The number of esters is 1. The lowest BCUT2D eigenvalue weighted by Gasteiger charge is -2.26. The Morgan fingerprint density at radius 3 is 2.48 bits per heavy atom. The van der Waals surface area contributed by atoms with Crippen LogP contribution in [0.2, 0.25) is 0 Å². The molecule has 1 atom stereocenters. The topological polar surface area (TPSA) is 116 Å². The molecule has 164 valence electrons. The Hall–Kier alpha value is -3.46. The Labute approximate surface area is 180 Å². The highest BCUT2D eigenvalue weighted by Crippen LogP contribution is 2.40. The molecule has 2 aromatic heterocycles. The van der Waals surface area contributed by atoms with Gasteiger partial charge in [-0.25, -0.2) is 4.79 Å². The molecule has 0 aromatic carbocycles. The maximum Gasteiger partial charge on any atom is 0.354 e. The van der Waals surface area contributed by atoms with Gasteiger partial charge >= 0.3 is 5.97 Å². The molecule has 1 aliphatic rings. The van der Waals surface area contributed by atoms with Gasteiger partial charge in [0.15, 0.2) is 0 Å². The van der Waals surface area contributed by atoms with E-state index >= 15 is 0 Å². The van der Waals surface area contributed by atoms with Crippen LogP contribution in [0.1, 0.15) is 38.9 Å². The Morgan fingerprint density at radius 2 is 1.90 bits per heavy atom. The number of aliphatic hydroxyl groups excluding tert-OH is 1. The molecule has 0 saturated carbocycles. The van der Waals surface area contributed by atoms with Crippen molar-refractivity contribution in [2.75, 3.05) is 34.3 Å². The summed E-state index contributed by atoms with van der Waals surface area (Å²) in [5, 5.41) is 11.2. The number of nitrogens with one attached hydrogen (secondary N) is 1. The molecule has 9 nitrogen and oxygen atoms in total. The molecule has 0 unspecified atom stereocenters. The van der Waals surface area contributed by atoms with Crippen LogP contribution in [0.15, 0.2) is 30.1 Å². The molecule has 0 spiro atoms. The molecule has 1 amide bonds. The first-order valence-electron chi connectivity index (χ1n) is 9.79. The van der Waals surface area contributed by atoms with Gasteiger partial charge in [0.05, 0.1) is 18.7 Å². The number of rotatable bonds is 6. The predicted molar refractivity (Wildman–Crippen MR) is 113 cm³/mol. The fourth-order valence-corrected chi connectivity index (χ4v) is 3.86. The summed E-state index contributed by atoms with van der Waals surface area (Å²) in [5.74, 6) is -2.35. The molecule has 0 bridgehead atoms. The summed E-state index contributed by atoms with van der Waals surface area (Å²) in [4.78, 5) is 48.3. The Kier molecular flexibility index (Phi) is 6.26. The number of aryl methyl sites for hydroxylation is 1. The van der Waals surface area contributed by atoms with Gasteiger partial charge in [0.1, 0.15) is 11.5 Å². The first-order chi connectivity index (χ1) is 14.7. The summed E-state index contributed by atoms with van der Waals surface area (Å²) in [7, 11) is 5.01. The summed E-state index contributed by atoms with van der Waals surface area (Å²) < 4.78 is 4.78. The number of aliphatic hydroxyl groups is 1. The Bertz CT molecular complexity index is 1060. The van der Waals surface area contributed by atoms with E-state index in [9.17, 15) is 19.5 Å². The van der Waals surface area contributed by atoms with E-state index in [2.05, 4.69) is 9.97 Å². The third-order valence-electron chi connectivity index (χ3n) is 5.41. The van der Waals surface area contributed by atoms with Crippen LogP contribution >= 0.6 is 0 Å². The Morgan fingerprint density at radius 1 is 1.26 bits per heavy atom. The first-order valence-corrected chi connectivity index (χ1v) is 9.79. The van der Waals surface area contributed by atoms with Crippen molar-refractivity contribution in [2.24, 2.45) is 0 Å². The summed E-state index contributed by atoms with van der Waals surface area (Å²) in [5.41, 5.74) is 2.07. The second-order valence-corrected chi connectivity index (χ2v) is 7.69. The van der Waals surface area contributed by atoms with Gasteiger partial charge in [-0.2, -0.15) is 0 Å². The SMILES string of the molecule is COC(=O)c1[nH]c(C)c(/C(O)=C2\C(=O)C(=O)N(CCN(C)C)[C@H]2c2ccncc2)c1C. The summed E-state index contributed by atoms with van der Waals surface area (Å²) in [6.45, 7) is 4.18. The van der Waals surface area contributed by atoms with E-state index < -0.39 is 23.7 Å². The van der Waals surface area contributed by atoms with Crippen molar-refractivity contribution in [1.29, 1.82) is 0 Å². The number of Topliss-reactive ketones (excluding diaryl/α,β-unsaturated/α-hetero) is 1. The number of amides is 1. The van der Waals surface area contributed by atoms with Gasteiger partial charge in [-0.15, -0.1) is 0 Å². The van der Waals surface area contributed by atoms with Gasteiger partial charge in [0.2, 0.25) is 0 Å². The average Bonchev–Trinajstić information content (AvgIpc) is 3.18. The minimum atomic E-state index is -0.766. The molecule has 1 saturated heterocycles. The standard InChI is InChI=1S/C22H26N4O5/c1-12-15(13(2)24-17(12)22(30)31-5)19(27)16-18(14-6-8-23-9-7-14)26(11-10-25(3)4)21(29)20(16)28/h6-9,18,24,27H,10-11H2,1-5H3/b19-16+/t18-/m0/s1. The molecule has 2 N–H and O–H groups in total. The van der Waals surface area contributed by atoms with Crippen LogP contribution in [0.4, 0.5) is 0 Å². The first kappa shape index (κ1) is 22.2. The van der Waals surface area contributed by atoms with Crippen molar-refractivity contribution in [3.63, 3.8) is 0 Å². The number of likely N-dealkylation sites (N-methyl/N-ethyl adjacent to an activating group) is 1. The number of aromatic amines is 1. The van der Waals surface area contributed by atoms with Gasteiger partial charge in [0.25, 0.3) is 11.7 Å². The van der Waals surface area contributed by atoms with E-state index in [4.69, 9.17) is 4.74 Å². The molecule has 2 aromatic rings. The number of carbonyl (C=O) groups is 3. The molecule has 31 heavy (non-hydrogen) atoms. The van der Waals surface area contributed by atoms with Gasteiger partial charge in [-0.1, -0.05) is 0 Å². The quantitative estimate of drug-likeness (QED) is 0.313. The number of aromatic nitrogens is 2. The third-order valence-corrected chi connectivity index (χ3v) is 5.41. The van der Waals surface area contributed by atoms with Crippen molar-refractivity contribution in [1.82, 2.24) is 19.8 Å². The lowest BCUT2D eigenvalue weighted by molar-refractivity contribution is -0.140. The number of pyridine rings is 1. The van der Waals surface area contributed by atoms with E-state index in [1.165, 1.54) is 12.0 Å². The van der Waals surface area contributed by atoms with Gasteiger partial charge in [-0.3, -0.25) is 14.6 Å². The fourth-order valence-electron chi connectivity index (χ4n) is 3.86. The summed E-state index contributed by atoms with van der Waals surface area (Å²) >= 11 is 0. The number of hydrogen-bond donors (Lipinski definition) is 2. The molecule has 0 aliphatic carbocycles. The van der Waals surface area contributed by atoms with Crippen LogP contribution in [0, 0.1) is 13.8 Å². The number of hydrogen-bond acceptors (Lipinski definition) is 7. The van der Waals surface area contributed by atoms with Crippen LogP contribution in [-0.2, 0) is 14.3 Å². The Balaban J connectivity index is 2.20. The number of nitrogens with zero attached hydrogens (tertiary/aromatic N) is 3. The third kappa shape index (κ3) is 3.96. The van der Waals surface area contributed by atoms with Crippen LogP contribution in [-0.4, -0.2) is 76.8 Å². The second-order valence-electron chi connectivity index (χ2n) is 7.69. The number of carbonyl (C=O) groups excluding carboxylic acids is 3. The largest absolute Gasteiger partial charge is 0.507 e. The zero-order valence-corrected chi connectivity index (χ0v) is 18.2. The highest BCUT2D eigenvalue weighted by Gasteiger charge is 2.46. The minimum Gasteiger partial charge on any atom is -0.507 e. The lowest BCUT2D eigenvalue weighted by Crippen LogP contribution is -2.35. The highest BCUT2D eigenvalue weighted by atomic mass is 16.5. The second kappa shape index (κ2) is 8.73. The number of methoxy groups -OCH3 is 1. The van der Waals surface area contributed by atoms with Crippen LogP contribution in [0.3, 0.4) is 0 Å². The number of ether oxygens (including phenoxy) is 1. The van der Waals surface area contributed by atoms with Crippen LogP contribution in [0.5, 0.6) is 0 Å². The smallest absolute Gasteiger partial charge is 0.354 e. The number of H-pyrrole nitrogens is 1. The van der Waals surface area contributed by atoms with Gasteiger partial charge in [0, 0.05) is 36.7 Å². The molecule has 1 aliphatic heterocycles. The predicted octanol–water partition coefficient (Wildman–Crippen LogP) is 1.80. The van der Waals surface area contributed by atoms with E-state index in [0.29, 0.717) is 35.5 Å². The van der Waals surface area contributed by atoms with E-state index in [0.717, 1.165) is 0 Å². The van der Waals surface area contributed by atoms with E-state index in [1.54, 1.807) is 38.4 Å². The van der Waals surface area contributed by atoms with Gasteiger partial charge < -0.3 is 24.6 Å². The summed E-state index contributed by atoms with van der Waals surface area (Å²) in [6, 6.07) is 2.66. The minimum absolute atomic E-state index is 0.0171. The number of ketones is 1. The monoisotopic (exact) mass is 426 g/mol. The zero-order valence-electron chi connectivity index (χ0n) is 18.2. The maximum atomic E-state index is 13.0. The van der Waals surface area contributed by atoms with Crippen LogP contribution < -0.4 is 0 Å². The van der Waals surface area contributed by atoms with Crippen molar-refractivity contribution < 1.29 is 24.2 Å². The molecule has 3 rings (SSSR count). The zero-order chi connectivity index (χ0) is 22.9. The average molecular weight is 426 g/mol. The molecule has 0 radical (unpaired) electrons. The summed E-state index contributed by atoms with van der Waals surface area (Å²) in [6.07, 6.45) is 3.15. The van der Waals surface area contributed by atoms with E-state index in [-0.39, 0.29) is 17.0 Å². The normalized spacial score (nSPS) is 18.1. The van der Waals surface area contributed by atoms with Crippen molar-refractivity contribution in [3.05, 3.63) is 58.2 Å². The lowest BCUT2D eigenvalue weighted by atomic mass is 9.94. The molecule has 3 heterocycles. The van der Waals surface area contributed by atoms with Crippen molar-refractivity contribution >= 4 is 23.4 Å². The number of likely N-dealkylation sites (tertiary alicyclic amines) is 1. The van der Waals surface area contributed by atoms with Crippen molar-refractivity contribution in [2.45, 2.75) is 19.9 Å². The maximum absolute atomic E-state index is 13.0.